The number of nitrogens with one attached hydrogen (secondary N) is 3. The summed E-state index contributed by atoms with van der Waals surface area (Å²) in [6, 6.07) is 4.00. The summed E-state index contributed by atoms with van der Waals surface area (Å²) in [5, 5.41) is 13.9. The monoisotopic (exact) mass is 393 g/mol. The van der Waals surface area contributed by atoms with Gasteiger partial charge in [-0.2, -0.15) is 0 Å². The second-order valence-electron chi connectivity index (χ2n) is 7.66. The highest BCUT2D eigenvalue weighted by Gasteiger charge is 2.31. The Morgan fingerprint density at radius 2 is 2.07 bits per heavy atom. The van der Waals surface area contributed by atoms with Crippen molar-refractivity contribution in [3.8, 4) is 0 Å². The van der Waals surface area contributed by atoms with E-state index in [4.69, 9.17) is 11.1 Å². The molecule has 0 spiro atoms. The molecule has 1 aliphatic heterocycles. The Hall–Kier alpha value is -2.97. The predicted molar refractivity (Wildman–Crippen MR) is 102 cm³/mol. The molecule has 152 valence electrons. The molecule has 1 aliphatic rings. The van der Waals surface area contributed by atoms with Crippen LogP contribution in [0.1, 0.15) is 26.3 Å². The lowest BCUT2D eigenvalue weighted by Crippen LogP contribution is -2.58. The molecule has 1 unspecified atom stereocenters. The van der Waals surface area contributed by atoms with Crippen LogP contribution in [0.5, 0.6) is 0 Å². The first-order valence-electron chi connectivity index (χ1n) is 8.79. The van der Waals surface area contributed by atoms with Gasteiger partial charge in [0.05, 0.1) is 23.9 Å². The van der Waals surface area contributed by atoms with Crippen LogP contribution in [0.2, 0.25) is 0 Å². The number of alkyl halides is 1. The van der Waals surface area contributed by atoms with E-state index in [0.29, 0.717) is 0 Å². The minimum absolute atomic E-state index is 0.0611. The highest BCUT2D eigenvalue weighted by atomic mass is 19.1. The molecule has 1 aromatic rings. The molecule has 0 saturated carbocycles. The maximum atomic E-state index is 13.5. The molecule has 1 saturated heterocycles. The third-order valence-corrected chi connectivity index (χ3v) is 4.03. The van der Waals surface area contributed by atoms with Gasteiger partial charge in [0.2, 0.25) is 0 Å². The molecule has 0 aromatic heterocycles. The molecule has 0 radical (unpaired) electrons. The number of piperazine rings is 1. The smallest absolute Gasteiger partial charge is 0.318 e. The van der Waals surface area contributed by atoms with E-state index in [9.17, 15) is 18.4 Å². The van der Waals surface area contributed by atoms with Crippen molar-refractivity contribution in [1.82, 2.24) is 15.5 Å². The van der Waals surface area contributed by atoms with Crippen molar-refractivity contribution in [2.45, 2.75) is 32.4 Å². The van der Waals surface area contributed by atoms with Crippen LogP contribution in [0.15, 0.2) is 35.5 Å². The molecule has 0 aliphatic carbocycles. The van der Waals surface area contributed by atoms with Gasteiger partial charge in [-0.25, -0.2) is 13.6 Å². The van der Waals surface area contributed by atoms with Crippen molar-refractivity contribution >= 4 is 17.6 Å². The molecule has 7 nitrogen and oxygen atoms in total. The van der Waals surface area contributed by atoms with Crippen molar-refractivity contribution in [2.24, 2.45) is 5.73 Å². The average Bonchev–Trinajstić information content (AvgIpc) is 2.59. The first kappa shape index (κ1) is 21.3. The van der Waals surface area contributed by atoms with E-state index < -0.39 is 36.0 Å². The first-order valence-corrected chi connectivity index (χ1v) is 8.79. The largest absolute Gasteiger partial charge is 0.379 e. The van der Waals surface area contributed by atoms with Crippen LogP contribution >= 0.6 is 0 Å². The van der Waals surface area contributed by atoms with E-state index in [1.165, 1.54) is 23.1 Å². The average molecular weight is 393 g/mol. The zero-order chi connectivity index (χ0) is 21.1. The van der Waals surface area contributed by atoms with Gasteiger partial charge in [0.1, 0.15) is 12.5 Å². The van der Waals surface area contributed by atoms with E-state index in [0.717, 1.165) is 6.07 Å². The summed E-state index contributed by atoms with van der Waals surface area (Å²) in [6.07, 6.45) is 0. The van der Waals surface area contributed by atoms with E-state index in [2.05, 4.69) is 10.6 Å². The van der Waals surface area contributed by atoms with Gasteiger partial charge < -0.3 is 21.3 Å². The van der Waals surface area contributed by atoms with Crippen molar-refractivity contribution in [3.63, 3.8) is 0 Å². The van der Waals surface area contributed by atoms with Crippen molar-refractivity contribution in [3.05, 3.63) is 46.9 Å². The highest BCUT2D eigenvalue weighted by molar-refractivity contribution is 6.27. The maximum absolute atomic E-state index is 13.5. The Balaban J connectivity index is 2.42. The van der Waals surface area contributed by atoms with Crippen LogP contribution in [-0.4, -0.2) is 53.9 Å². The number of carbonyl (C=O) groups excluding carboxylic acids is 2. The summed E-state index contributed by atoms with van der Waals surface area (Å²) in [6.45, 7) is 4.67. The Kier molecular flexibility index (Phi) is 6.37. The molecule has 3 amide bonds. The number of carbonyl (C=O) groups is 2. The van der Waals surface area contributed by atoms with Crippen LogP contribution in [0.3, 0.4) is 0 Å². The standard InChI is InChI=1S/C19H25F2N5O2/c1-19(2,3)25-18(28)26-9-13(8-20)24-14(10-26)15(17(23)27)16(22)11-5-4-6-12(21)7-11/h4-7,13,22,24H,8-10H2,1-3H3,(H2,23,27)(H,25,28)/b15-14+,22-16?. The first-order chi connectivity index (χ1) is 13.0. The SMILES string of the molecule is CC(C)(C)NC(=O)N1C/C(=C(/C(=N)c2cccc(F)c2)C(N)=O)NC(CF)C1. The number of nitrogens with two attached hydrogens (primary N) is 1. The number of primary amides is 1. The minimum atomic E-state index is -0.924. The van der Waals surface area contributed by atoms with Crippen molar-refractivity contribution in [1.29, 1.82) is 5.41 Å². The summed E-state index contributed by atoms with van der Waals surface area (Å²) < 4.78 is 26.9. The molecule has 28 heavy (non-hydrogen) atoms. The topological polar surface area (TPSA) is 111 Å². The van der Waals surface area contributed by atoms with Gasteiger partial charge in [-0.05, 0) is 32.9 Å². The molecular formula is C19H25F2N5O2. The molecule has 2 rings (SSSR count). The fourth-order valence-electron chi connectivity index (χ4n) is 2.86. The van der Waals surface area contributed by atoms with Gasteiger partial charge in [0, 0.05) is 23.3 Å². The lowest BCUT2D eigenvalue weighted by Gasteiger charge is -2.37. The summed E-state index contributed by atoms with van der Waals surface area (Å²) >= 11 is 0. The number of rotatable bonds is 4. The van der Waals surface area contributed by atoms with Gasteiger partial charge in [-0.1, -0.05) is 12.1 Å². The number of nitrogens with zero attached hydrogens (tertiary/aromatic N) is 1. The normalized spacial score (nSPS) is 18.9. The van der Waals surface area contributed by atoms with Crippen LogP contribution in [0.25, 0.3) is 0 Å². The molecule has 1 fully saturated rings. The van der Waals surface area contributed by atoms with Crippen LogP contribution in [0.4, 0.5) is 13.6 Å². The van der Waals surface area contributed by atoms with Gasteiger partial charge in [-0.3, -0.25) is 10.2 Å². The Morgan fingerprint density at radius 3 is 2.61 bits per heavy atom. The van der Waals surface area contributed by atoms with Crippen molar-refractivity contribution in [2.75, 3.05) is 19.8 Å². The van der Waals surface area contributed by atoms with E-state index in [1.807, 2.05) is 20.8 Å². The lowest BCUT2D eigenvalue weighted by atomic mass is 9.98. The summed E-state index contributed by atoms with van der Waals surface area (Å²) in [4.78, 5) is 25.9. The van der Waals surface area contributed by atoms with Crippen LogP contribution < -0.4 is 16.4 Å². The van der Waals surface area contributed by atoms with E-state index in [1.54, 1.807) is 0 Å². The summed E-state index contributed by atoms with van der Waals surface area (Å²) in [5.41, 5.74) is 4.76. The van der Waals surface area contributed by atoms with Gasteiger partial charge in [-0.15, -0.1) is 0 Å². The Labute approximate surface area is 162 Å². The predicted octanol–water partition coefficient (Wildman–Crippen LogP) is 1.68. The number of hydrogen-bond donors (Lipinski definition) is 4. The van der Waals surface area contributed by atoms with Crippen molar-refractivity contribution < 1.29 is 18.4 Å². The summed E-state index contributed by atoms with van der Waals surface area (Å²) in [5.74, 6) is -1.49. The molecule has 9 heteroatoms. The molecule has 1 atom stereocenters. The van der Waals surface area contributed by atoms with Gasteiger partial charge in [0.15, 0.2) is 0 Å². The maximum Gasteiger partial charge on any atom is 0.318 e. The number of benzene rings is 1. The van der Waals surface area contributed by atoms with E-state index in [-0.39, 0.29) is 35.6 Å². The van der Waals surface area contributed by atoms with Crippen LogP contribution in [-0.2, 0) is 4.79 Å². The number of urea groups is 1. The Morgan fingerprint density at radius 1 is 1.39 bits per heavy atom. The third-order valence-electron chi connectivity index (χ3n) is 4.03. The molecular weight excluding hydrogens is 368 g/mol. The van der Waals surface area contributed by atoms with Gasteiger partial charge >= 0.3 is 6.03 Å². The number of amides is 3. The fraction of sp³-hybridized carbons (Fsp3) is 0.421. The minimum Gasteiger partial charge on any atom is -0.379 e. The zero-order valence-corrected chi connectivity index (χ0v) is 16.1. The van der Waals surface area contributed by atoms with Gasteiger partial charge in [0.25, 0.3) is 5.91 Å². The third kappa shape index (κ3) is 5.28. The molecule has 1 heterocycles. The highest BCUT2D eigenvalue weighted by Crippen LogP contribution is 2.18. The summed E-state index contributed by atoms with van der Waals surface area (Å²) in [7, 11) is 0. The second kappa shape index (κ2) is 8.37. The molecule has 1 aromatic carbocycles. The zero-order valence-electron chi connectivity index (χ0n) is 16.1. The second-order valence-corrected chi connectivity index (χ2v) is 7.66. The number of halogens is 2. The lowest BCUT2D eigenvalue weighted by molar-refractivity contribution is -0.114. The Bertz CT molecular complexity index is 817. The van der Waals surface area contributed by atoms with Crippen LogP contribution in [0, 0.1) is 11.2 Å². The number of hydrogen-bond acceptors (Lipinski definition) is 4. The fourth-order valence-corrected chi connectivity index (χ4v) is 2.86. The molecule has 0 bridgehead atoms. The molecule has 5 N–H and O–H groups in total. The van der Waals surface area contributed by atoms with E-state index >= 15 is 0 Å². The quantitative estimate of drug-likeness (QED) is 0.461.